The molecule has 6 atom stereocenters. The highest BCUT2D eigenvalue weighted by Gasteiger charge is 2.58. The molecule has 0 heterocycles. The minimum absolute atomic E-state index is 0.101. The van der Waals surface area contributed by atoms with Crippen LogP contribution in [0.2, 0.25) is 0 Å². The quantitative estimate of drug-likeness (QED) is 0.308. The van der Waals surface area contributed by atoms with E-state index < -0.39 is 0 Å². The van der Waals surface area contributed by atoms with E-state index in [1.807, 2.05) is 13.0 Å². The molecule has 3 aromatic carbocycles. The highest BCUT2D eigenvalue weighted by molar-refractivity contribution is 5.76. The second-order valence-corrected chi connectivity index (χ2v) is 12.5. The van der Waals surface area contributed by atoms with Crippen LogP contribution in [-0.2, 0) is 29.2 Å². The molecule has 210 valence electrons. The van der Waals surface area contributed by atoms with Crippen molar-refractivity contribution in [1.29, 1.82) is 0 Å². The van der Waals surface area contributed by atoms with Gasteiger partial charge in [-0.2, -0.15) is 0 Å². The number of carbonyl (C=O) groups excluding carboxylic acids is 1. The molecule has 0 spiro atoms. The molecule has 3 aromatic rings. The molecule has 6 rings (SSSR count). The van der Waals surface area contributed by atoms with Crippen LogP contribution in [0.5, 0.6) is 5.75 Å². The van der Waals surface area contributed by atoms with Crippen molar-refractivity contribution in [2.75, 3.05) is 6.54 Å². The third-order valence-corrected chi connectivity index (χ3v) is 10.1. The summed E-state index contributed by atoms with van der Waals surface area (Å²) in [5, 5.41) is 3.09. The highest BCUT2D eigenvalue weighted by atomic mass is 16.5. The lowest BCUT2D eigenvalue weighted by atomic mass is 9.51. The Bertz CT molecular complexity index is 1290. The molecular weight excluding hydrogens is 494 g/mol. The molecular formula is C36H43NO3. The number of nitrogens with one attached hydrogen (secondary N) is 1. The van der Waals surface area contributed by atoms with Crippen molar-refractivity contribution in [3.63, 3.8) is 0 Å². The van der Waals surface area contributed by atoms with Crippen LogP contribution in [-0.4, -0.2) is 18.6 Å². The van der Waals surface area contributed by atoms with Crippen LogP contribution in [0, 0.1) is 23.2 Å². The van der Waals surface area contributed by atoms with Gasteiger partial charge in [0.1, 0.15) is 12.4 Å². The summed E-state index contributed by atoms with van der Waals surface area (Å²) in [7, 11) is 0. The first-order valence-electron chi connectivity index (χ1n) is 15.3. The lowest BCUT2D eigenvalue weighted by molar-refractivity contribution is -0.125. The summed E-state index contributed by atoms with van der Waals surface area (Å²) >= 11 is 0. The van der Waals surface area contributed by atoms with Crippen molar-refractivity contribution >= 4 is 5.91 Å². The Morgan fingerprint density at radius 3 is 2.38 bits per heavy atom. The van der Waals surface area contributed by atoms with Crippen molar-refractivity contribution in [2.24, 2.45) is 23.2 Å². The number of hydrogen-bond acceptors (Lipinski definition) is 3. The van der Waals surface area contributed by atoms with E-state index in [4.69, 9.17) is 9.47 Å². The van der Waals surface area contributed by atoms with Crippen molar-refractivity contribution in [1.82, 2.24) is 5.32 Å². The zero-order valence-electron chi connectivity index (χ0n) is 24.0. The van der Waals surface area contributed by atoms with Gasteiger partial charge < -0.3 is 14.8 Å². The molecule has 0 saturated heterocycles. The molecule has 0 aliphatic heterocycles. The third-order valence-electron chi connectivity index (χ3n) is 10.1. The molecule has 3 aliphatic carbocycles. The van der Waals surface area contributed by atoms with E-state index in [0.717, 1.165) is 25.0 Å². The summed E-state index contributed by atoms with van der Waals surface area (Å²) in [6, 6.07) is 27.6. The van der Waals surface area contributed by atoms with Gasteiger partial charge in [0.15, 0.2) is 0 Å². The summed E-state index contributed by atoms with van der Waals surface area (Å²) < 4.78 is 12.9. The Balaban J connectivity index is 1.24. The number of benzene rings is 3. The zero-order chi connectivity index (χ0) is 27.5. The number of ether oxygens (including phenoxy) is 2. The molecule has 3 aliphatic rings. The molecule has 2 saturated carbocycles. The van der Waals surface area contributed by atoms with Crippen molar-refractivity contribution in [3.8, 4) is 5.75 Å². The number of amides is 1. The van der Waals surface area contributed by atoms with Crippen LogP contribution in [0.15, 0.2) is 78.9 Å². The smallest absolute Gasteiger partial charge is 0.220 e. The van der Waals surface area contributed by atoms with E-state index >= 15 is 0 Å². The molecule has 40 heavy (non-hydrogen) atoms. The monoisotopic (exact) mass is 537 g/mol. The SMILES string of the molecule is CCNC(=O)C[C@H]1C[C@]2(C)C(OCc3ccccc3)CC[C@H]2[C@@H]2CCc3cc(OCc4ccccc4)ccc3[C@@H]12. The Kier molecular flexibility index (Phi) is 7.98. The van der Waals surface area contributed by atoms with Crippen LogP contribution < -0.4 is 10.1 Å². The minimum atomic E-state index is 0.101. The number of rotatable bonds is 9. The Hall–Kier alpha value is -3.11. The van der Waals surface area contributed by atoms with Crippen LogP contribution in [0.3, 0.4) is 0 Å². The topological polar surface area (TPSA) is 47.6 Å². The predicted molar refractivity (Wildman–Crippen MR) is 159 cm³/mol. The maximum Gasteiger partial charge on any atom is 0.220 e. The second kappa shape index (κ2) is 11.8. The molecule has 0 bridgehead atoms. The van der Waals surface area contributed by atoms with Crippen LogP contribution in [0.1, 0.15) is 74.1 Å². The molecule has 2 fully saturated rings. The maximum atomic E-state index is 13.0. The van der Waals surface area contributed by atoms with Gasteiger partial charge in [0.25, 0.3) is 0 Å². The van der Waals surface area contributed by atoms with Gasteiger partial charge >= 0.3 is 0 Å². The van der Waals surface area contributed by atoms with E-state index in [2.05, 4.69) is 85.0 Å². The van der Waals surface area contributed by atoms with E-state index in [1.165, 1.54) is 35.1 Å². The first-order valence-corrected chi connectivity index (χ1v) is 15.3. The van der Waals surface area contributed by atoms with Gasteiger partial charge in [-0.3, -0.25) is 4.79 Å². The summed E-state index contributed by atoms with van der Waals surface area (Å²) in [6.07, 6.45) is 6.47. The van der Waals surface area contributed by atoms with Crippen molar-refractivity contribution in [2.45, 2.75) is 77.6 Å². The standard InChI is InChI=1S/C36H43NO3/c1-3-37-34(38)21-28-22-36(2)32(18-19-33(36)40-24-26-12-8-5-9-13-26)31-16-14-27-20-29(15-17-30(27)35(28)31)39-23-25-10-6-4-7-11-25/h4-13,15,17,20,28,31-33,35H,3,14,16,18-19,21-24H2,1-2H3,(H,37,38)/t28-,31-,32-,33?,35+,36-/m0/s1. The fourth-order valence-corrected chi connectivity index (χ4v) is 8.40. The first-order chi connectivity index (χ1) is 19.5. The summed E-state index contributed by atoms with van der Waals surface area (Å²) in [5.74, 6) is 3.08. The Labute approximate surface area is 239 Å². The van der Waals surface area contributed by atoms with Gasteiger partial charge in [0.05, 0.1) is 12.7 Å². The lowest BCUT2D eigenvalue weighted by Crippen LogP contribution is -2.49. The first kappa shape index (κ1) is 27.1. The van der Waals surface area contributed by atoms with Crippen LogP contribution in [0.4, 0.5) is 0 Å². The maximum absolute atomic E-state index is 13.0. The number of fused-ring (bicyclic) bond motifs is 5. The molecule has 0 radical (unpaired) electrons. The van der Waals surface area contributed by atoms with Crippen LogP contribution >= 0.6 is 0 Å². The fourth-order valence-electron chi connectivity index (χ4n) is 8.40. The van der Waals surface area contributed by atoms with Gasteiger partial charge in [-0.05, 0) is 103 Å². The zero-order valence-corrected chi connectivity index (χ0v) is 24.0. The minimum Gasteiger partial charge on any atom is -0.489 e. The fraction of sp³-hybridized carbons (Fsp3) is 0.472. The molecule has 4 heteroatoms. The van der Waals surface area contributed by atoms with E-state index in [-0.39, 0.29) is 17.4 Å². The van der Waals surface area contributed by atoms with Gasteiger partial charge in [0.2, 0.25) is 5.91 Å². The van der Waals surface area contributed by atoms with Crippen LogP contribution in [0.25, 0.3) is 0 Å². The summed E-state index contributed by atoms with van der Waals surface area (Å²) in [4.78, 5) is 13.0. The molecule has 1 unspecified atom stereocenters. The van der Waals surface area contributed by atoms with E-state index in [0.29, 0.717) is 49.9 Å². The van der Waals surface area contributed by atoms with Gasteiger partial charge in [-0.25, -0.2) is 0 Å². The average Bonchev–Trinajstić information content (AvgIpc) is 3.31. The van der Waals surface area contributed by atoms with E-state index in [9.17, 15) is 4.79 Å². The third kappa shape index (κ3) is 5.43. The summed E-state index contributed by atoms with van der Waals surface area (Å²) in [6.45, 7) is 6.41. The molecule has 1 amide bonds. The van der Waals surface area contributed by atoms with Gasteiger partial charge in [-0.15, -0.1) is 0 Å². The van der Waals surface area contributed by atoms with Gasteiger partial charge in [-0.1, -0.05) is 73.7 Å². The van der Waals surface area contributed by atoms with Gasteiger partial charge in [0, 0.05) is 13.0 Å². The van der Waals surface area contributed by atoms with Crippen molar-refractivity contribution in [3.05, 3.63) is 101 Å². The Morgan fingerprint density at radius 2 is 1.65 bits per heavy atom. The predicted octanol–water partition coefficient (Wildman–Crippen LogP) is 7.46. The number of aryl methyl sites for hydroxylation is 1. The Morgan fingerprint density at radius 1 is 0.925 bits per heavy atom. The molecule has 1 N–H and O–H groups in total. The van der Waals surface area contributed by atoms with Crippen molar-refractivity contribution < 1.29 is 14.3 Å². The summed E-state index contributed by atoms with van der Waals surface area (Å²) in [5.41, 5.74) is 5.38. The lowest BCUT2D eigenvalue weighted by Gasteiger charge is -2.54. The largest absolute Gasteiger partial charge is 0.489 e. The normalized spacial score (nSPS) is 28.7. The molecule has 0 aromatic heterocycles. The highest BCUT2D eigenvalue weighted by Crippen LogP contribution is 2.64. The number of hydrogen-bond donors (Lipinski definition) is 1. The number of carbonyl (C=O) groups is 1. The molecule has 4 nitrogen and oxygen atoms in total. The second-order valence-electron chi connectivity index (χ2n) is 12.5. The van der Waals surface area contributed by atoms with E-state index in [1.54, 1.807) is 0 Å². The average molecular weight is 538 g/mol.